The Morgan fingerprint density at radius 1 is 1.21 bits per heavy atom. The van der Waals surface area contributed by atoms with Crippen molar-refractivity contribution in [2.45, 2.75) is 76.5 Å². The van der Waals surface area contributed by atoms with Gasteiger partial charge in [-0.1, -0.05) is 41.9 Å². The van der Waals surface area contributed by atoms with Gasteiger partial charge in [-0.25, -0.2) is 0 Å². The highest BCUT2D eigenvalue weighted by atomic mass is 33.1. The van der Waals surface area contributed by atoms with Crippen LogP contribution in [0.5, 0.6) is 0 Å². The fourth-order valence-corrected chi connectivity index (χ4v) is 5.64. The third-order valence-corrected chi connectivity index (χ3v) is 6.89. The van der Waals surface area contributed by atoms with Crippen LogP contribution in [0.25, 0.3) is 0 Å². The minimum absolute atomic E-state index is 0.0704. The van der Waals surface area contributed by atoms with Crippen LogP contribution in [0.2, 0.25) is 0 Å². The molecule has 5 nitrogen and oxygen atoms in total. The van der Waals surface area contributed by atoms with Crippen LogP contribution in [0.3, 0.4) is 0 Å². The molecule has 1 heterocycles. The maximum absolute atomic E-state index is 12.2. The molecule has 0 saturated carbocycles. The minimum atomic E-state index is -0.946. The maximum Gasteiger partial charge on any atom is 0.303 e. The number of hydrogen-bond acceptors (Lipinski definition) is 5. The molecule has 138 valence electrons. The summed E-state index contributed by atoms with van der Waals surface area (Å²) < 4.78 is 0. The van der Waals surface area contributed by atoms with Crippen LogP contribution in [-0.4, -0.2) is 39.8 Å². The van der Waals surface area contributed by atoms with Gasteiger partial charge in [-0.2, -0.15) is 0 Å². The molecule has 0 aromatic heterocycles. The molecule has 2 N–H and O–H groups in total. The molecule has 0 radical (unpaired) electrons. The summed E-state index contributed by atoms with van der Waals surface area (Å²) in [5.74, 6) is 0.260. The number of carbonyl (C=O) groups is 3. The summed E-state index contributed by atoms with van der Waals surface area (Å²) in [6.45, 7) is 3.88. The smallest absolute Gasteiger partial charge is 0.303 e. The van der Waals surface area contributed by atoms with Gasteiger partial charge in [-0.15, -0.1) is 0 Å². The highest BCUT2D eigenvalue weighted by Crippen LogP contribution is 2.39. The molecule has 1 fully saturated rings. The number of hydrogen-bond donors (Lipinski definition) is 2. The number of nitrogens with one attached hydrogen (secondary N) is 1. The zero-order valence-corrected chi connectivity index (χ0v) is 16.2. The molecule has 7 heteroatoms. The molecule has 1 aliphatic heterocycles. The number of rotatable bonds is 12. The van der Waals surface area contributed by atoms with E-state index in [0.717, 1.165) is 19.3 Å². The second-order valence-electron chi connectivity index (χ2n) is 6.69. The normalized spacial score (nSPS) is 18.5. The molecular weight excluding hydrogens is 346 g/mol. The summed E-state index contributed by atoms with van der Waals surface area (Å²) in [6, 6.07) is -0.669. The standard InChI is InChI=1S/C17H29NO4S2/c1-12(2)11-15(19)14(7-8-17(21)22)18-16(20)6-4-3-5-13-9-10-23-24-13/h12-14H,3-11H2,1-2H3,(H,18,20)(H,21,22). The Labute approximate surface area is 152 Å². The topological polar surface area (TPSA) is 83.5 Å². The van der Waals surface area contributed by atoms with Gasteiger partial charge >= 0.3 is 5.97 Å². The molecule has 1 amide bonds. The van der Waals surface area contributed by atoms with Crippen molar-refractivity contribution < 1.29 is 19.5 Å². The summed E-state index contributed by atoms with van der Waals surface area (Å²) in [6.07, 6.45) is 5.06. The lowest BCUT2D eigenvalue weighted by molar-refractivity contribution is -0.137. The predicted molar refractivity (Wildman–Crippen MR) is 100 cm³/mol. The lowest BCUT2D eigenvalue weighted by atomic mass is 9.98. The van der Waals surface area contributed by atoms with Gasteiger partial charge in [-0.05, 0) is 31.6 Å². The van der Waals surface area contributed by atoms with E-state index in [2.05, 4.69) is 5.32 Å². The number of carbonyl (C=O) groups excluding carboxylic acids is 2. The molecule has 1 aliphatic rings. The molecule has 0 bridgehead atoms. The Morgan fingerprint density at radius 2 is 1.96 bits per heavy atom. The number of carboxylic acids is 1. The summed E-state index contributed by atoms with van der Waals surface area (Å²) in [4.78, 5) is 35.0. The van der Waals surface area contributed by atoms with Gasteiger partial charge in [0.05, 0.1) is 6.04 Å². The Bertz CT molecular complexity index is 423. The van der Waals surface area contributed by atoms with E-state index >= 15 is 0 Å². The molecule has 2 unspecified atom stereocenters. The molecule has 0 aromatic rings. The van der Waals surface area contributed by atoms with Crippen LogP contribution in [0.1, 0.15) is 65.2 Å². The highest BCUT2D eigenvalue weighted by molar-refractivity contribution is 8.77. The average Bonchev–Trinajstić information content (AvgIpc) is 3.00. The molecule has 2 atom stereocenters. The van der Waals surface area contributed by atoms with E-state index in [0.29, 0.717) is 18.1 Å². The molecule has 0 spiro atoms. The number of amides is 1. The average molecular weight is 376 g/mol. The first kappa shape index (κ1) is 21.4. The van der Waals surface area contributed by atoms with E-state index in [-0.39, 0.29) is 30.4 Å². The zero-order chi connectivity index (χ0) is 17.9. The van der Waals surface area contributed by atoms with Crippen molar-refractivity contribution in [2.24, 2.45) is 5.92 Å². The number of ketones is 1. The molecule has 0 aliphatic carbocycles. The van der Waals surface area contributed by atoms with E-state index in [1.165, 1.54) is 12.2 Å². The van der Waals surface area contributed by atoms with Crippen molar-refractivity contribution in [1.82, 2.24) is 5.32 Å². The highest BCUT2D eigenvalue weighted by Gasteiger charge is 2.22. The number of aliphatic carboxylic acids is 1. The van der Waals surface area contributed by atoms with Crippen molar-refractivity contribution in [3.05, 3.63) is 0 Å². The Balaban J connectivity index is 2.32. The minimum Gasteiger partial charge on any atom is -0.481 e. The second kappa shape index (κ2) is 11.8. The van der Waals surface area contributed by atoms with Crippen molar-refractivity contribution in [2.75, 3.05) is 5.75 Å². The summed E-state index contributed by atoms with van der Waals surface area (Å²) in [5, 5.41) is 12.3. The van der Waals surface area contributed by atoms with Crippen LogP contribution in [0, 0.1) is 5.92 Å². The van der Waals surface area contributed by atoms with E-state index in [1.54, 1.807) is 0 Å². The van der Waals surface area contributed by atoms with E-state index < -0.39 is 12.0 Å². The first-order valence-electron chi connectivity index (χ1n) is 8.70. The van der Waals surface area contributed by atoms with Gasteiger partial charge in [0.1, 0.15) is 0 Å². The van der Waals surface area contributed by atoms with E-state index in [9.17, 15) is 14.4 Å². The van der Waals surface area contributed by atoms with Crippen molar-refractivity contribution in [3.8, 4) is 0 Å². The molecule has 0 aromatic carbocycles. The second-order valence-corrected chi connectivity index (χ2v) is 9.48. The van der Waals surface area contributed by atoms with Gasteiger partial charge in [0.25, 0.3) is 0 Å². The molecule has 1 saturated heterocycles. The number of carboxylic acid groups (broad SMARTS) is 1. The zero-order valence-electron chi connectivity index (χ0n) is 14.6. The summed E-state index contributed by atoms with van der Waals surface area (Å²) in [5.41, 5.74) is 0. The van der Waals surface area contributed by atoms with Gasteiger partial charge in [0.2, 0.25) is 5.91 Å². The van der Waals surface area contributed by atoms with Gasteiger partial charge in [0.15, 0.2) is 5.78 Å². The largest absolute Gasteiger partial charge is 0.481 e. The van der Waals surface area contributed by atoms with Crippen LogP contribution in [-0.2, 0) is 14.4 Å². The first-order chi connectivity index (χ1) is 11.4. The van der Waals surface area contributed by atoms with Crippen molar-refractivity contribution >= 4 is 39.2 Å². The van der Waals surface area contributed by atoms with Crippen molar-refractivity contribution in [3.63, 3.8) is 0 Å². The lowest BCUT2D eigenvalue weighted by Crippen LogP contribution is -2.41. The predicted octanol–water partition coefficient (Wildman–Crippen LogP) is 3.67. The van der Waals surface area contributed by atoms with Gasteiger partial charge in [0, 0.05) is 30.3 Å². The van der Waals surface area contributed by atoms with Gasteiger partial charge in [-0.3, -0.25) is 14.4 Å². The van der Waals surface area contributed by atoms with E-state index in [1.807, 2.05) is 35.4 Å². The summed E-state index contributed by atoms with van der Waals surface area (Å²) in [7, 11) is 3.87. The SMILES string of the molecule is CC(C)CC(=O)C(CCC(=O)O)NC(=O)CCCCC1CCSS1. The Morgan fingerprint density at radius 3 is 2.54 bits per heavy atom. The summed E-state index contributed by atoms with van der Waals surface area (Å²) >= 11 is 0. The quantitative estimate of drug-likeness (QED) is 0.400. The van der Waals surface area contributed by atoms with E-state index in [4.69, 9.17) is 5.11 Å². The molecule has 1 rings (SSSR count). The fraction of sp³-hybridized carbons (Fsp3) is 0.824. The van der Waals surface area contributed by atoms with Crippen LogP contribution in [0.15, 0.2) is 0 Å². The fourth-order valence-electron chi connectivity index (χ4n) is 2.61. The molecule has 24 heavy (non-hydrogen) atoms. The Hall–Kier alpha value is -0.690. The molecular formula is C17H29NO4S2. The monoisotopic (exact) mass is 375 g/mol. The lowest BCUT2D eigenvalue weighted by Gasteiger charge is -2.18. The van der Waals surface area contributed by atoms with Crippen LogP contribution < -0.4 is 5.32 Å². The third kappa shape index (κ3) is 9.57. The first-order valence-corrected chi connectivity index (χ1v) is 11.1. The van der Waals surface area contributed by atoms with Crippen LogP contribution >= 0.6 is 21.6 Å². The third-order valence-electron chi connectivity index (χ3n) is 3.89. The number of unbranched alkanes of at least 4 members (excludes halogenated alkanes) is 1. The van der Waals surface area contributed by atoms with Gasteiger partial charge < -0.3 is 10.4 Å². The Kier molecular flexibility index (Phi) is 10.5. The number of Topliss-reactive ketones (excluding diaryl/α,β-unsaturated/α-hetero) is 1. The maximum atomic E-state index is 12.2. The van der Waals surface area contributed by atoms with Crippen LogP contribution in [0.4, 0.5) is 0 Å². The van der Waals surface area contributed by atoms with Crippen molar-refractivity contribution in [1.29, 1.82) is 0 Å².